The molecule has 3 atom stereocenters. The Hall–Kier alpha value is 1.40. The number of hydrogen-bond acceptors (Lipinski definition) is 4. The van der Waals surface area contributed by atoms with Crippen LogP contribution < -0.4 is 0 Å². The second-order valence-electron chi connectivity index (χ2n) is 3.67. The first-order valence-electron chi connectivity index (χ1n) is 5.20. The average molecular weight is 344 g/mol. The Kier molecular flexibility index (Phi) is 10.1. The molecule has 3 nitrogen and oxygen atoms in total. The quantitative estimate of drug-likeness (QED) is 0.464. The Morgan fingerprint density at radius 3 is 1.76 bits per heavy atom. The summed E-state index contributed by atoms with van der Waals surface area (Å²) in [5.41, 5.74) is 0. The smallest absolute Gasteiger partial charge is 0.307 e. The topological polar surface area (TPSA) is 27.7 Å². The normalized spacial score (nSPS) is 20.6. The number of hydrogen-bond donors (Lipinski definition) is 0. The van der Waals surface area contributed by atoms with E-state index in [4.69, 9.17) is 60.2 Å². The molecule has 0 amide bonds. The van der Waals surface area contributed by atoms with Gasteiger partial charge in [-0.1, -0.05) is 0 Å². The number of alkyl halides is 3. The van der Waals surface area contributed by atoms with Gasteiger partial charge in [0.25, 0.3) is 0 Å². The molecule has 0 radical (unpaired) electrons. The van der Waals surface area contributed by atoms with E-state index in [-0.39, 0.29) is 30.1 Å². The van der Waals surface area contributed by atoms with Gasteiger partial charge in [-0.25, -0.2) is 0 Å². The summed E-state index contributed by atoms with van der Waals surface area (Å²) in [6.45, 7) is 3.12. The van der Waals surface area contributed by atoms with Crippen LogP contribution >= 0.6 is 41.5 Å². The fourth-order valence-electron chi connectivity index (χ4n) is 0.735. The van der Waals surface area contributed by atoms with Crippen molar-refractivity contribution in [2.45, 2.75) is 37.6 Å². The van der Waals surface area contributed by atoms with Crippen LogP contribution in [0.5, 0.6) is 0 Å². The van der Waals surface area contributed by atoms with Gasteiger partial charge in [-0.05, 0) is 32.6 Å². The predicted molar refractivity (Wildman–Crippen MR) is 78.1 cm³/mol. The van der Waals surface area contributed by atoms with Crippen molar-refractivity contribution >= 4 is 53.3 Å². The van der Waals surface area contributed by atoms with Crippen molar-refractivity contribution in [1.29, 1.82) is 0 Å². The summed E-state index contributed by atoms with van der Waals surface area (Å²) >= 11 is 22.5. The molecule has 0 rings (SSSR count). The van der Waals surface area contributed by atoms with Gasteiger partial charge in [0.05, 0.1) is 30.1 Å². The highest BCUT2D eigenvalue weighted by Gasteiger charge is 2.25. The van der Waals surface area contributed by atoms with Gasteiger partial charge < -0.3 is 13.6 Å². The molecule has 0 aromatic heterocycles. The van der Waals surface area contributed by atoms with Crippen molar-refractivity contribution in [3.05, 3.63) is 0 Å². The van der Waals surface area contributed by atoms with Crippen LogP contribution in [0.2, 0.25) is 0 Å². The monoisotopic (exact) mass is 342 g/mol. The van der Waals surface area contributed by atoms with Crippen molar-refractivity contribution in [2.24, 2.45) is 0 Å². The van der Waals surface area contributed by atoms with E-state index in [1.165, 1.54) is 0 Å². The van der Waals surface area contributed by atoms with Gasteiger partial charge in [-0.2, -0.15) is 0 Å². The first kappa shape index (κ1) is 18.4. The second-order valence-corrected chi connectivity index (χ2v) is 8.43. The van der Waals surface area contributed by atoms with Crippen molar-refractivity contribution < 1.29 is 13.6 Å². The van der Waals surface area contributed by atoms with Crippen molar-refractivity contribution in [3.8, 4) is 0 Å². The lowest BCUT2D eigenvalue weighted by atomic mass is 10.5. The average Bonchev–Trinajstić information content (AvgIpc) is 2.24. The molecule has 0 heterocycles. The minimum Gasteiger partial charge on any atom is -0.307 e. The van der Waals surface area contributed by atoms with Gasteiger partial charge in [-0.3, -0.25) is 0 Å². The minimum absolute atomic E-state index is 0.163. The molecule has 17 heavy (non-hydrogen) atoms. The van der Waals surface area contributed by atoms with Crippen LogP contribution in [0.25, 0.3) is 0 Å². The van der Waals surface area contributed by atoms with Crippen LogP contribution in [0.4, 0.5) is 0 Å². The molecule has 0 aromatic carbocycles. The second kappa shape index (κ2) is 9.33. The highest BCUT2D eigenvalue weighted by atomic mass is 35.5. The lowest BCUT2D eigenvalue weighted by molar-refractivity contribution is 0.133. The standard InChI is InChI=1S/C9H18Cl3O3PS/c1-7(11)5-13-16(17,14-6-8(2)12)15-9(3)4-10/h7-9H,4-6H2,1-3H3. The van der Waals surface area contributed by atoms with Crippen molar-refractivity contribution in [2.75, 3.05) is 19.1 Å². The molecule has 0 N–H and O–H groups in total. The summed E-state index contributed by atoms with van der Waals surface area (Å²) in [6, 6.07) is 0. The van der Waals surface area contributed by atoms with Crippen LogP contribution in [-0.2, 0) is 25.4 Å². The maximum Gasteiger partial charge on any atom is 0.327 e. The van der Waals surface area contributed by atoms with Gasteiger partial charge in [0.2, 0.25) is 0 Å². The zero-order valence-electron chi connectivity index (χ0n) is 10.1. The molecular formula is C9H18Cl3O3PS. The highest BCUT2D eigenvalue weighted by molar-refractivity contribution is 8.07. The van der Waals surface area contributed by atoms with Crippen molar-refractivity contribution in [1.82, 2.24) is 0 Å². The van der Waals surface area contributed by atoms with Crippen LogP contribution in [0, 0.1) is 0 Å². The third-order valence-corrected chi connectivity index (χ3v) is 4.58. The Labute approximate surface area is 123 Å². The predicted octanol–water partition coefficient (Wildman–Crippen LogP) is 4.14. The van der Waals surface area contributed by atoms with Gasteiger partial charge >= 0.3 is 6.72 Å². The Morgan fingerprint density at radius 1 is 1.06 bits per heavy atom. The molecular weight excluding hydrogens is 325 g/mol. The van der Waals surface area contributed by atoms with E-state index in [0.29, 0.717) is 5.88 Å². The summed E-state index contributed by atoms with van der Waals surface area (Å²) in [7, 11) is 0. The maximum atomic E-state index is 5.80. The zero-order valence-corrected chi connectivity index (χ0v) is 14.0. The third kappa shape index (κ3) is 9.92. The number of halogens is 3. The Morgan fingerprint density at radius 2 is 1.47 bits per heavy atom. The van der Waals surface area contributed by atoms with Gasteiger partial charge in [0.15, 0.2) is 0 Å². The fraction of sp³-hybridized carbons (Fsp3) is 1.00. The van der Waals surface area contributed by atoms with E-state index in [1.807, 2.05) is 0 Å². The Balaban J connectivity index is 4.39. The molecule has 8 heteroatoms. The summed E-state index contributed by atoms with van der Waals surface area (Å²) in [5.74, 6) is 0.317. The molecule has 0 fully saturated rings. The molecule has 3 unspecified atom stereocenters. The van der Waals surface area contributed by atoms with Gasteiger partial charge in [-0.15, -0.1) is 34.8 Å². The maximum absolute atomic E-state index is 5.80. The van der Waals surface area contributed by atoms with E-state index < -0.39 is 6.72 Å². The highest BCUT2D eigenvalue weighted by Crippen LogP contribution is 2.51. The van der Waals surface area contributed by atoms with E-state index >= 15 is 0 Å². The van der Waals surface area contributed by atoms with E-state index in [1.54, 1.807) is 20.8 Å². The van der Waals surface area contributed by atoms with Gasteiger partial charge in [0.1, 0.15) is 0 Å². The molecule has 104 valence electrons. The van der Waals surface area contributed by atoms with Crippen molar-refractivity contribution in [3.63, 3.8) is 0 Å². The molecule has 0 aromatic rings. The zero-order chi connectivity index (χ0) is 13.5. The first-order chi connectivity index (χ1) is 7.79. The lowest BCUT2D eigenvalue weighted by Crippen LogP contribution is -2.15. The molecule has 0 aliphatic heterocycles. The van der Waals surface area contributed by atoms with Crippen LogP contribution in [0.3, 0.4) is 0 Å². The fourth-order valence-corrected chi connectivity index (χ4v) is 3.52. The molecule has 0 saturated heterocycles. The van der Waals surface area contributed by atoms with Crippen LogP contribution in [-0.4, -0.2) is 36.0 Å². The molecule has 0 aliphatic carbocycles. The summed E-state index contributed by atoms with van der Waals surface area (Å²) < 4.78 is 16.4. The third-order valence-electron chi connectivity index (χ3n) is 1.45. The SMILES string of the molecule is CC(Cl)COP(=S)(OCC(C)Cl)OC(C)CCl. The number of rotatable bonds is 9. The summed E-state index contributed by atoms with van der Waals surface area (Å²) in [4.78, 5) is 0. The van der Waals surface area contributed by atoms with E-state index in [2.05, 4.69) is 0 Å². The molecule has 0 saturated carbocycles. The lowest BCUT2D eigenvalue weighted by Gasteiger charge is -2.25. The molecule has 0 bridgehead atoms. The summed E-state index contributed by atoms with van der Waals surface area (Å²) in [5, 5.41) is -0.325. The largest absolute Gasteiger partial charge is 0.327 e. The minimum atomic E-state index is -2.82. The molecule has 0 spiro atoms. The van der Waals surface area contributed by atoms with Crippen LogP contribution in [0.15, 0.2) is 0 Å². The van der Waals surface area contributed by atoms with Gasteiger partial charge in [0, 0.05) is 5.88 Å². The Bertz CT molecular complexity index is 238. The van der Waals surface area contributed by atoms with E-state index in [9.17, 15) is 0 Å². The summed E-state index contributed by atoms with van der Waals surface area (Å²) in [6.07, 6.45) is -0.237. The van der Waals surface area contributed by atoms with Crippen LogP contribution in [0.1, 0.15) is 20.8 Å². The molecule has 0 aliphatic rings. The first-order valence-corrected chi connectivity index (χ1v) is 9.17. The van der Waals surface area contributed by atoms with E-state index in [0.717, 1.165) is 0 Å².